The van der Waals surface area contributed by atoms with Gasteiger partial charge in [-0.3, -0.25) is 4.79 Å². The second-order valence-corrected chi connectivity index (χ2v) is 3.07. The summed E-state index contributed by atoms with van der Waals surface area (Å²) in [5.41, 5.74) is -0.302. The lowest BCUT2D eigenvalue weighted by Crippen LogP contribution is -2.37. The van der Waals surface area contributed by atoms with E-state index >= 15 is 0 Å². The fourth-order valence-electron chi connectivity index (χ4n) is 0.766. The van der Waals surface area contributed by atoms with Crippen LogP contribution in [0.4, 0.5) is 0 Å². The Morgan fingerprint density at radius 1 is 1.50 bits per heavy atom. The predicted molar refractivity (Wildman–Crippen MR) is 39.1 cm³/mol. The van der Waals surface area contributed by atoms with Crippen LogP contribution >= 0.6 is 0 Å². The minimum absolute atomic E-state index is 0.0637. The second kappa shape index (κ2) is 2.33. The van der Waals surface area contributed by atoms with Crippen LogP contribution in [0, 0.1) is 5.41 Å². The van der Waals surface area contributed by atoms with E-state index in [0.717, 1.165) is 0 Å². The number of carbonyl (C=O) groups excluding carboxylic acids is 1. The minimum atomic E-state index is -0.302. The highest BCUT2D eigenvalue weighted by molar-refractivity contribution is 5.83. The summed E-state index contributed by atoms with van der Waals surface area (Å²) in [6.45, 7) is 4.50. The lowest BCUT2D eigenvalue weighted by Gasteiger charge is -2.19. The molecule has 0 spiro atoms. The Hall–Kier alpha value is -0.990. The third-order valence-corrected chi connectivity index (χ3v) is 1.57. The molecule has 56 valence electrons. The predicted octanol–water partition coefficient (Wildman–Crippen LogP) is 0.203. The van der Waals surface area contributed by atoms with E-state index in [-0.39, 0.29) is 11.3 Å². The van der Waals surface area contributed by atoms with Crippen molar-refractivity contribution < 1.29 is 4.79 Å². The molecule has 0 saturated carbocycles. The third-order valence-electron chi connectivity index (χ3n) is 1.57. The second-order valence-electron chi connectivity index (χ2n) is 3.07. The summed E-state index contributed by atoms with van der Waals surface area (Å²) < 4.78 is 0. The molecule has 1 aliphatic heterocycles. The number of hydrogen-bond acceptors (Lipinski definition) is 2. The molecule has 1 rings (SSSR count). The molecule has 0 saturated heterocycles. The Bertz CT molecular complexity index is 172. The van der Waals surface area contributed by atoms with E-state index in [1.165, 1.54) is 0 Å². The SMILES string of the molecule is CC1(C)CNC=CNC1=O. The molecule has 1 heterocycles. The molecule has 3 heteroatoms. The number of rotatable bonds is 0. The van der Waals surface area contributed by atoms with Crippen LogP contribution in [0.5, 0.6) is 0 Å². The van der Waals surface area contributed by atoms with Gasteiger partial charge in [-0.05, 0) is 13.8 Å². The number of carbonyl (C=O) groups is 1. The van der Waals surface area contributed by atoms with Gasteiger partial charge in [0.2, 0.25) is 5.91 Å². The van der Waals surface area contributed by atoms with Gasteiger partial charge in [0.1, 0.15) is 0 Å². The van der Waals surface area contributed by atoms with E-state index < -0.39 is 0 Å². The van der Waals surface area contributed by atoms with Crippen molar-refractivity contribution in [1.82, 2.24) is 10.6 Å². The van der Waals surface area contributed by atoms with Gasteiger partial charge in [-0.2, -0.15) is 0 Å². The van der Waals surface area contributed by atoms with Gasteiger partial charge in [-0.1, -0.05) is 0 Å². The smallest absolute Gasteiger partial charge is 0.231 e. The lowest BCUT2D eigenvalue weighted by atomic mass is 9.93. The first-order chi connectivity index (χ1) is 4.63. The van der Waals surface area contributed by atoms with Crippen LogP contribution in [0.3, 0.4) is 0 Å². The average Bonchev–Trinajstić information content (AvgIpc) is 1.96. The molecule has 0 radical (unpaired) electrons. The molecular formula is C7H12N2O. The van der Waals surface area contributed by atoms with Crippen molar-refractivity contribution in [2.45, 2.75) is 13.8 Å². The third kappa shape index (κ3) is 1.29. The summed E-state index contributed by atoms with van der Waals surface area (Å²) in [6, 6.07) is 0. The Kier molecular flexibility index (Phi) is 1.66. The summed E-state index contributed by atoms with van der Waals surface area (Å²) in [7, 11) is 0. The molecule has 0 bridgehead atoms. The molecule has 2 N–H and O–H groups in total. The van der Waals surface area contributed by atoms with E-state index in [1.54, 1.807) is 12.4 Å². The molecule has 3 nitrogen and oxygen atoms in total. The first-order valence-corrected chi connectivity index (χ1v) is 3.32. The molecule has 1 aliphatic rings. The molecule has 1 amide bonds. The zero-order valence-corrected chi connectivity index (χ0v) is 6.27. The molecule has 0 atom stereocenters. The van der Waals surface area contributed by atoms with Gasteiger partial charge in [0.15, 0.2) is 0 Å². The zero-order valence-electron chi connectivity index (χ0n) is 6.27. The maximum absolute atomic E-state index is 11.1. The van der Waals surface area contributed by atoms with Gasteiger partial charge in [-0.25, -0.2) is 0 Å². The molecular weight excluding hydrogens is 128 g/mol. The number of hydrogen-bond donors (Lipinski definition) is 2. The molecule has 0 aliphatic carbocycles. The Labute approximate surface area is 60.5 Å². The van der Waals surface area contributed by atoms with Crippen LogP contribution in [-0.2, 0) is 4.79 Å². The number of amides is 1. The van der Waals surface area contributed by atoms with Gasteiger partial charge >= 0.3 is 0 Å². The topological polar surface area (TPSA) is 41.1 Å². The number of nitrogens with one attached hydrogen (secondary N) is 2. The van der Waals surface area contributed by atoms with Gasteiger partial charge in [0.05, 0.1) is 5.41 Å². The Balaban J connectivity index is 2.70. The quantitative estimate of drug-likeness (QED) is 0.504. The van der Waals surface area contributed by atoms with E-state index in [1.807, 2.05) is 13.8 Å². The van der Waals surface area contributed by atoms with Crippen molar-refractivity contribution in [1.29, 1.82) is 0 Å². The van der Waals surface area contributed by atoms with Gasteiger partial charge in [0.25, 0.3) is 0 Å². The molecule has 10 heavy (non-hydrogen) atoms. The van der Waals surface area contributed by atoms with Gasteiger partial charge in [0, 0.05) is 18.9 Å². The van der Waals surface area contributed by atoms with Crippen LogP contribution in [0.1, 0.15) is 13.8 Å². The lowest BCUT2D eigenvalue weighted by molar-refractivity contribution is -0.127. The van der Waals surface area contributed by atoms with Crippen molar-refractivity contribution in [3.05, 3.63) is 12.4 Å². The maximum atomic E-state index is 11.1. The van der Waals surface area contributed by atoms with Crippen molar-refractivity contribution in [2.75, 3.05) is 6.54 Å². The Morgan fingerprint density at radius 3 is 2.90 bits per heavy atom. The Morgan fingerprint density at radius 2 is 2.20 bits per heavy atom. The van der Waals surface area contributed by atoms with Crippen LogP contribution in [-0.4, -0.2) is 12.5 Å². The van der Waals surface area contributed by atoms with Gasteiger partial charge in [-0.15, -0.1) is 0 Å². The summed E-state index contributed by atoms with van der Waals surface area (Å²) in [5, 5.41) is 5.66. The highest BCUT2D eigenvalue weighted by Gasteiger charge is 2.27. The van der Waals surface area contributed by atoms with Crippen molar-refractivity contribution in [3.8, 4) is 0 Å². The van der Waals surface area contributed by atoms with Crippen LogP contribution in [0.15, 0.2) is 12.4 Å². The zero-order chi connectivity index (χ0) is 7.61. The molecule has 0 unspecified atom stereocenters. The summed E-state index contributed by atoms with van der Waals surface area (Å²) in [4.78, 5) is 11.1. The highest BCUT2D eigenvalue weighted by Crippen LogP contribution is 2.14. The summed E-state index contributed by atoms with van der Waals surface area (Å²) in [6.07, 6.45) is 3.36. The van der Waals surface area contributed by atoms with Crippen molar-refractivity contribution in [2.24, 2.45) is 5.41 Å². The first kappa shape index (κ1) is 7.12. The molecule has 0 aromatic heterocycles. The summed E-state index contributed by atoms with van der Waals surface area (Å²) in [5.74, 6) is 0.0637. The van der Waals surface area contributed by atoms with E-state index in [9.17, 15) is 4.79 Å². The van der Waals surface area contributed by atoms with E-state index in [2.05, 4.69) is 10.6 Å². The molecule has 0 fully saturated rings. The van der Waals surface area contributed by atoms with E-state index in [0.29, 0.717) is 6.54 Å². The standard InChI is InChI=1S/C7H12N2O/c1-7(2)5-8-3-4-9-6(7)10/h3-4,8H,5H2,1-2H3,(H,9,10). The van der Waals surface area contributed by atoms with Crippen molar-refractivity contribution in [3.63, 3.8) is 0 Å². The average molecular weight is 140 g/mol. The fourth-order valence-corrected chi connectivity index (χ4v) is 0.766. The normalized spacial score (nSPS) is 22.8. The highest BCUT2D eigenvalue weighted by atomic mass is 16.2. The fraction of sp³-hybridized carbons (Fsp3) is 0.571. The molecule has 0 aromatic carbocycles. The molecule has 0 aromatic rings. The first-order valence-electron chi connectivity index (χ1n) is 3.32. The van der Waals surface area contributed by atoms with Crippen LogP contribution in [0.25, 0.3) is 0 Å². The maximum Gasteiger partial charge on any atom is 0.231 e. The largest absolute Gasteiger partial charge is 0.389 e. The van der Waals surface area contributed by atoms with E-state index in [4.69, 9.17) is 0 Å². The van der Waals surface area contributed by atoms with Crippen LogP contribution < -0.4 is 10.6 Å². The minimum Gasteiger partial charge on any atom is -0.389 e. The monoisotopic (exact) mass is 140 g/mol. The van der Waals surface area contributed by atoms with Crippen LogP contribution in [0.2, 0.25) is 0 Å². The van der Waals surface area contributed by atoms with Crippen molar-refractivity contribution >= 4 is 5.91 Å². The summed E-state index contributed by atoms with van der Waals surface area (Å²) >= 11 is 0. The van der Waals surface area contributed by atoms with Gasteiger partial charge < -0.3 is 10.6 Å².